The summed E-state index contributed by atoms with van der Waals surface area (Å²) in [6.07, 6.45) is -1.96. The average Bonchev–Trinajstić information content (AvgIpc) is 2.51. The highest BCUT2D eigenvalue weighted by atomic mass is 32.2. The number of thiocarbonyl (C=S) groups is 1. The van der Waals surface area contributed by atoms with Crippen LogP contribution in [-0.2, 0) is 28.6 Å². The summed E-state index contributed by atoms with van der Waals surface area (Å²) >= 11 is 6.17. The monoisotopic (exact) mass is 408 g/mol. The van der Waals surface area contributed by atoms with Gasteiger partial charge in [-0.2, -0.15) is 0 Å². The molecule has 11 heteroatoms. The minimum absolute atomic E-state index is 0.114. The number of carbonyl (C=O) groups excluding carboxylic acids is 3. The van der Waals surface area contributed by atoms with Gasteiger partial charge in [0.15, 0.2) is 17.3 Å². The topological polar surface area (TPSA) is 123 Å². The summed E-state index contributed by atoms with van der Waals surface area (Å²) < 4.78 is 15.6. The fraction of sp³-hybridized carbons (Fsp3) is 0.733. The standard InChI is InChI=1S/C15H24N2O7S2/c1-5-16-15(25)17-11-13(24-9(4)20)12(23-8(3)19)10(26-14(11)21)6-22-7(2)18/h10-14,21H,5-6H2,1-4H3,(H2,16,17,25)/t10-,11-,12-,13-,14+/m1/s1. The molecule has 9 nitrogen and oxygen atoms in total. The van der Waals surface area contributed by atoms with Crippen LogP contribution in [0.1, 0.15) is 27.7 Å². The number of aliphatic hydroxyl groups excluding tert-OH is 1. The number of hydrogen-bond acceptors (Lipinski definition) is 9. The van der Waals surface area contributed by atoms with Crippen LogP contribution in [0.2, 0.25) is 0 Å². The van der Waals surface area contributed by atoms with Gasteiger partial charge in [0.25, 0.3) is 0 Å². The lowest BCUT2D eigenvalue weighted by Crippen LogP contribution is -2.63. The van der Waals surface area contributed by atoms with Crippen molar-refractivity contribution >= 4 is 47.0 Å². The lowest BCUT2D eigenvalue weighted by molar-refractivity contribution is -0.171. The molecule has 0 saturated carbocycles. The summed E-state index contributed by atoms with van der Waals surface area (Å²) in [5, 5.41) is 15.9. The van der Waals surface area contributed by atoms with Crippen LogP contribution in [0.4, 0.5) is 0 Å². The number of carbonyl (C=O) groups is 3. The fourth-order valence-electron chi connectivity index (χ4n) is 2.44. The maximum Gasteiger partial charge on any atom is 0.303 e. The Balaban J connectivity index is 3.10. The van der Waals surface area contributed by atoms with Gasteiger partial charge < -0.3 is 30.0 Å². The first kappa shape index (κ1) is 22.5. The minimum Gasteiger partial charge on any atom is -0.465 e. The number of thioether (sulfide) groups is 1. The second kappa shape index (κ2) is 10.5. The smallest absolute Gasteiger partial charge is 0.303 e. The summed E-state index contributed by atoms with van der Waals surface area (Å²) in [4.78, 5) is 34.2. The van der Waals surface area contributed by atoms with Gasteiger partial charge in [0, 0.05) is 27.3 Å². The van der Waals surface area contributed by atoms with E-state index in [0.29, 0.717) is 6.54 Å². The highest BCUT2D eigenvalue weighted by Gasteiger charge is 2.49. The Hall–Kier alpha value is -1.59. The van der Waals surface area contributed by atoms with E-state index in [0.717, 1.165) is 11.8 Å². The van der Waals surface area contributed by atoms with Gasteiger partial charge in [-0.05, 0) is 19.1 Å². The summed E-state index contributed by atoms with van der Waals surface area (Å²) in [6, 6.07) is -0.826. The van der Waals surface area contributed by atoms with Crippen molar-refractivity contribution in [3.63, 3.8) is 0 Å². The average molecular weight is 408 g/mol. The predicted molar refractivity (Wildman–Crippen MR) is 98.3 cm³/mol. The highest BCUT2D eigenvalue weighted by Crippen LogP contribution is 2.35. The molecule has 0 aromatic rings. The molecule has 26 heavy (non-hydrogen) atoms. The van der Waals surface area contributed by atoms with Crippen LogP contribution in [0, 0.1) is 0 Å². The maximum atomic E-state index is 11.6. The minimum atomic E-state index is -1.05. The van der Waals surface area contributed by atoms with Gasteiger partial charge >= 0.3 is 17.9 Å². The van der Waals surface area contributed by atoms with E-state index in [2.05, 4.69) is 10.6 Å². The van der Waals surface area contributed by atoms with E-state index in [-0.39, 0.29) is 11.7 Å². The largest absolute Gasteiger partial charge is 0.465 e. The Bertz CT molecular complexity index is 546. The van der Waals surface area contributed by atoms with Gasteiger partial charge in [-0.25, -0.2) is 0 Å². The Labute approximate surface area is 161 Å². The fourth-order valence-corrected chi connectivity index (χ4v) is 3.98. The van der Waals surface area contributed by atoms with Gasteiger partial charge in [0.05, 0.1) is 5.25 Å². The van der Waals surface area contributed by atoms with Gasteiger partial charge in [0.1, 0.15) is 18.1 Å². The van der Waals surface area contributed by atoms with E-state index in [1.54, 1.807) is 0 Å². The molecule has 148 valence electrons. The zero-order chi connectivity index (χ0) is 19.9. The highest BCUT2D eigenvalue weighted by molar-refractivity contribution is 8.00. The third-order valence-corrected chi connectivity index (χ3v) is 4.94. The number of aliphatic hydroxyl groups is 1. The first-order chi connectivity index (χ1) is 12.1. The SMILES string of the molecule is CCNC(=S)N[C@@H]1[C@@H](OC(C)=O)[C@H](OC(C)=O)[C@@H](COC(C)=O)S[C@@H]1O. The van der Waals surface area contributed by atoms with Crippen LogP contribution < -0.4 is 10.6 Å². The van der Waals surface area contributed by atoms with Crippen LogP contribution in [0.3, 0.4) is 0 Å². The van der Waals surface area contributed by atoms with E-state index < -0.39 is 46.8 Å². The second-order valence-electron chi connectivity index (χ2n) is 5.55. The molecule has 0 spiro atoms. The molecule has 1 aliphatic rings. The van der Waals surface area contributed by atoms with E-state index in [1.807, 2.05) is 6.92 Å². The molecule has 1 heterocycles. The number of nitrogens with one attached hydrogen (secondary N) is 2. The number of rotatable bonds is 6. The zero-order valence-electron chi connectivity index (χ0n) is 15.0. The van der Waals surface area contributed by atoms with E-state index >= 15 is 0 Å². The van der Waals surface area contributed by atoms with Gasteiger partial charge in [-0.1, -0.05) is 0 Å². The van der Waals surface area contributed by atoms with Crippen molar-refractivity contribution in [2.24, 2.45) is 0 Å². The Kier molecular flexibility index (Phi) is 9.09. The van der Waals surface area contributed by atoms with Crippen molar-refractivity contribution in [3.05, 3.63) is 0 Å². The number of esters is 3. The molecule has 1 aliphatic heterocycles. The van der Waals surface area contributed by atoms with Crippen LogP contribution in [0.5, 0.6) is 0 Å². The van der Waals surface area contributed by atoms with Crippen molar-refractivity contribution in [2.75, 3.05) is 13.2 Å². The molecule has 0 aromatic carbocycles. The molecule has 0 bridgehead atoms. The summed E-state index contributed by atoms with van der Waals surface area (Å²) in [6.45, 7) is 5.96. The molecule has 0 aliphatic carbocycles. The molecular weight excluding hydrogens is 384 g/mol. The first-order valence-corrected chi connectivity index (χ1v) is 9.36. The van der Waals surface area contributed by atoms with E-state index in [9.17, 15) is 19.5 Å². The molecule has 0 unspecified atom stereocenters. The lowest BCUT2D eigenvalue weighted by atomic mass is 10.0. The van der Waals surface area contributed by atoms with Crippen molar-refractivity contribution < 1.29 is 33.7 Å². The van der Waals surface area contributed by atoms with Crippen molar-refractivity contribution in [3.8, 4) is 0 Å². The van der Waals surface area contributed by atoms with Crippen LogP contribution in [-0.4, -0.2) is 70.2 Å². The maximum absolute atomic E-state index is 11.6. The summed E-state index contributed by atoms with van der Waals surface area (Å²) in [5.41, 5.74) is -1.05. The number of ether oxygens (including phenoxy) is 3. The van der Waals surface area contributed by atoms with Crippen molar-refractivity contribution in [1.29, 1.82) is 0 Å². The third-order valence-electron chi connectivity index (χ3n) is 3.36. The molecule has 0 aromatic heterocycles. The van der Waals surface area contributed by atoms with Gasteiger partial charge in [-0.3, -0.25) is 14.4 Å². The normalized spacial score (nSPS) is 27.8. The zero-order valence-corrected chi connectivity index (χ0v) is 16.6. The van der Waals surface area contributed by atoms with Crippen molar-refractivity contribution in [1.82, 2.24) is 10.6 Å². The molecule has 3 N–H and O–H groups in total. The van der Waals surface area contributed by atoms with Crippen LogP contribution in [0.25, 0.3) is 0 Å². The van der Waals surface area contributed by atoms with E-state index in [1.165, 1.54) is 20.8 Å². The predicted octanol–water partition coefficient (Wildman–Crippen LogP) is -0.301. The summed E-state index contributed by atoms with van der Waals surface area (Å²) in [7, 11) is 0. The van der Waals surface area contributed by atoms with Gasteiger partial charge in [0.2, 0.25) is 0 Å². The lowest BCUT2D eigenvalue weighted by Gasteiger charge is -2.43. The van der Waals surface area contributed by atoms with Crippen molar-refractivity contribution in [2.45, 2.75) is 56.6 Å². The Morgan fingerprint density at radius 3 is 2.15 bits per heavy atom. The third kappa shape index (κ3) is 6.96. The van der Waals surface area contributed by atoms with Crippen LogP contribution >= 0.6 is 24.0 Å². The molecule has 1 rings (SSSR count). The molecule has 5 atom stereocenters. The molecule has 0 amide bonds. The molecule has 0 radical (unpaired) electrons. The van der Waals surface area contributed by atoms with Gasteiger partial charge in [-0.15, -0.1) is 11.8 Å². The van der Waals surface area contributed by atoms with Crippen LogP contribution in [0.15, 0.2) is 0 Å². The molecular formula is C15H24N2O7S2. The molecule has 1 saturated heterocycles. The van der Waals surface area contributed by atoms with E-state index in [4.69, 9.17) is 26.4 Å². The summed E-state index contributed by atoms with van der Waals surface area (Å²) in [5.74, 6) is -1.72. The first-order valence-electron chi connectivity index (χ1n) is 8.01. The second-order valence-corrected chi connectivity index (χ2v) is 7.31. The number of hydrogen-bond donors (Lipinski definition) is 3. The Morgan fingerprint density at radius 2 is 1.65 bits per heavy atom. The quantitative estimate of drug-likeness (QED) is 0.305. The molecule has 1 fully saturated rings. The Morgan fingerprint density at radius 1 is 1.08 bits per heavy atom.